The average molecular weight is 311 g/mol. The van der Waals surface area contributed by atoms with Crippen molar-refractivity contribution in [3.05, 3.63) is 18.6 Å². The number of nitrogen functional groups attached to an aromatic ring is 1. The van der Waals surface area contributed by atoms with Gasteiger partial charge in [-0.05, 0) is 31.2 Å². The van der Waals surface area contributed by atoms with Crippen LogP contribution in [-0.2, 0) is 14.5 Å². The van der Waals surface area contributed by atoms with Gasteiger partial charge in [-0.3, -0.25) is 4.18 Å². The fourth-order valence-electron chi connectivity index (χ4n) is 2.93. The molecule has 21 heavy (non-hydrogen) atoms. The van der Waals surface area contributed by atoms with Crippen molar-refractivity contribution in [1.29, 1.82) is 0 Å². The Labute approximate surface area is 122 Å². The molecule has 1 unspecified atom stereocenters. The van der Waals surface area contributed by atoms with E-state index in [4.69, 9.17) is 10.9 Å². The Morgan fingerprint density at radius 3 is 2.95 bits per heavy atom. The van der Waals surface area contributed by atoms with E-state index in [9.17, 15) is 8.42 Å². The molecule has 8 nitrogen and oxygen atoms in total. The minimum Gasteiger partial charge on any atom is -0.383 e. The highest BCUT2D eigenvalue weighted by atomic mass is 32.2. The fourth-order valence-corrected chi connectivity index (χ4v) is 3.31. The van der Waals surface area contributed by atoms with Gasteiger partial charge in [0.2, 0.25) is 0 Å². The first-order chi connectivity index (χ1) is 9.94. The molecule has 1 aliphatic rings. The molecule has 0 saturated heterocycles. The van der Waals surface area contributed by atoms with Gasteiger partial charge >= 0.3 is 10.3 Å². The third kappa shape index (κ3) is 2.99. The summed E-state index contributed by atoms with van der Waals surface area (Å²) in [5, 5.41) is 5.68. The molecule has 2 aromatic rings. The summed E-state index contributed by atoms with van der Waals surface area (Å²) in [5.74, 6) is 0.635. The van der Waals surface area contributed by atoms with Crippen LogP contribution in [0.2, 0.25) is 0 Å². The van der Waals surface area contributed by atoms with Crippen LogP contribution in [0.4, 0.5) is 5.82 Å². The molecule has 0 bridgehead atoms. The molecule has 2 aromatic heterocycles. The maximum absolute atomic E-state index is 10.8. The highest BCUT2D eigenvalue weighted by Crippen LogP contribution is 2.37. The first kappa shape index (κ1) is 14.2. The van der Waals surface area contributed by atoms with E-state index >= 15 is 0 Å². The van der Waals surface area contributed by atoms with Crippen LogP contribution in [0.3, 0.4) is 0 Å². The van der Waals surface area contributed by atoms with E-state index < -0.39 is 10.3 Å². The number of nitrogens with two attached hydrogens (primary N) is 2. The molecule has 2 atom stereocenters. The van der Waals surface area contributed by atoms with E-state index in [1.54, 1.807) is 0 Å². The molecule has 0 amide bonds. The molecule has 3 rings (SSSR count). The van der Waals surface area contributed by atoms with E-state index in [1.807, 2.05) is 12.3 Å². The van der Waals surface area contributed by atoms with Crippen molar-refractivity contribution < 1.29 is 12.6 Å². The van der Waals surface area contributed by atoms with E-state index in [0.717, 1.165) is 30.3 Å². The number of aromatic nitrogens is 3. The first-order valence-electron chi connectivity index (χ1n) is 6.68. The average Bonchev–Trinajstić information content (AvgIpc) is 3.02. The zero-order valence-corrected chi connectivity index (χ0v) is 12.2. The molecule has 0 aromatic carbocycles. The predicted octanol–water partition coefficient (Wildman–Crippen LogP) is 0.575. The van der Waals surface area contributed by atoms with Crippen LogP contribution in [0.5, 0.6) is 0 Å². The normalized spacial score (nSPS) is 22.9. The SMILES string of the molecule is Nc1ncnc2c1ccn2C1CC[C@H](COS(N)(=O)=O)C1. The molecule has 2 heterocycles. The Morgan fingerprint density at radius 1 is 1.38 bits per heavy atom. The summed E-state index contributed by atoms with van der Waals surface area (Å²) in [6, 6.07) is 2.16. The number of nitrogens with zero attached hydrogens (tertiary/aromatic N) is 3. The zero-order valence-electron chi connectivity index (χ0n) is 11.3. The summed E-state index contributed by atoms with van der Waals surface area (Å²) in [6.45, 7) is 0.131. The van der Waals surface area contributed by atoms with Crippen LogP contribution in [0, 0.1) is 5.92 Å². The lowest BCUT2D eigenvalue weighted by Gasteiger charge is -2.14. The van der Waals surface area contributed by atoms with Crippen LogP contribution in [0.25, 0.3) is 11.0 Å². The van der Waals surface area contributed by atoms with Crippen molar-refractivity contribution in [3.8, 4) is 0 Å². The van der Waals surface area contributed by atoms with Crippen LogP contribution >= 0.6 is 0 Å². The van der Waals surface area contributed by atoms with Gasteiger partial charge in [0.15, 0.2) is 0 Å². The second-order valence-corrected chi connectivity index (χ2v) is 6.55. The van der Waals surface area contributed by atoms with E-state index in [-0.39, 0.29) is 18.6 Å². The van der Waals surface area contributed by atoms with E-state index in [0.29, 0.717) is 5.82 Å². The van der Waals surface area contributed by atoms with Crippen molar-refractivity contribution in [2.45, 2.75) is 25.3 Å². The summed E-state index contributed by atoms with van der Waals surface area (Å²) >= 11 is 0. The molecule has 114 valence electrons. The predicted molar refractivity (Wildman–Crippen MR) is 77.4 cm³/mol. The topological polar surface area (TPSA) is 126 Å². The maximum Gasteiger partial charge on any atom is 0.333 e. The monoisotopic (exact) mass is 311 g/mol. The zero-order chi connectivity index (χ0) is 15.0. The molecule has 0 aliphatic heterocycles. The van der Waals surface area contributed by atoms with Crippen molar-refractivity contribution >= 4 is 27.2 Å². The third-order valence-electron chi connectivity index (χ3n) is 3.92. The van der Waals surface area contributed by atoms with Crippen LogP contribution in [0.1, 0.15) is 25.3 Å². The van der Waals surface area contributed by atoms with Crippen LogP contribution in [-0.4, -0.2) is 29.6 Å². The maximum atomic E-state index is 10.8. The van der Waals surface area contributed by atoms with Gasteiger partial charge in [-0.2, -0.15) is 8.42 Å². The Kier molecular flexibility index (Phi) is 3.56. The lowest BCUT2D eigenvalue weighted by Crippen LogP contribution is -2.19. The van der Waals surface area contributed by atoms with Gasteiger partial charge in [-0.25, -0.2) is 15.1 Å². The van der Waals surface area contributed by atoms with E-state index in [2.05, 4.69) is 18.7 Å². The number of rotatable bonds is 4. The first-order valence-corrected chi connectivity index (χ1v) is 8.15. The molecule has 0 spiro atoms. The highest BCUT2D eigenvalue weighted by Gasteiger charge is 2.28. The van der Waals surface area contributed by atoms with Crippen molar-refractivity contribution in [2.75, 3.05) is 12.3 Å². The molecule has 1 aliphatic carbocycles. The van der Waals surface area contributed by atoms with Crippen molar-refractivity contribution in [2.24, 2.45) is 11.1 Å². The molecule has 0 radical (unpaired) electrons. The highest BCUT2D eigenvalue weighted by molar-refractivity contribution is 7.84. The fraction of sp³-hybridized carbons (Fsp3) is 0.500. The van der Waals surface area contributed by atoms with Gasteiger partial charge in [0.05, 0.1) is 12.0 Å². The summed E-state index contributed by atoms with van der Waals surface area (Å²) in [7, 11) is -3.87. The standard InChI is InChI=1S/C12H17N5O3S/c13-11-10-3-4-17(12(10)16-7-15-11)9-2-1-8(5-9)6-20-21(14,18)19/h3-4,7-9H,1-2,5-6H2,(H2,13,15,16)(H2,14,18,19)/t8-,9?/m0/s1. The van der Waals surface area contributed by atoms with Gasteiger partial charge in [0, 0.05) is 12.2 Å². The Morgan fingerprint density at radius 2 is 2.19 bits per heavy atom. The van der Waals surface area contributed by atoms with Gasteiger partial charge in [-0.15, -0.1) is 0 Å². The van der Waals surface area contributed by atoms with Gasteiger partial charge in [0.25, 0.3) is 0 Å². The van der Waals surface area contributed by atoms with Gasteiger partial charge in [-0.1, -0.05) is 0 Å². The summed E-state index contributed by atoms with van der Waals surface area (Å²) in [6.07, 6.45) is 6.05. The summed E-state index contributed by atoms with van der Waals surface area (Å²) < 4.78 is 28.4. The lowest BCUT2D eigenvalue weighted by molar-refractivity contribution is 0.253. The number of hydrogen-bond donors (Lipinski definition) is 2. The second kappa shape index (κ2) is 5.24. The van der Waals surface area contributed by atoms with Gasteiger partial charge < -0.3 is 10.3 Å². The van der Waals surface area contributed by atoms with Crippen LogP contribution < -0.4 is 10.9 Å². The molecule has 1 fully saturated rings. The summed E-state index contributed by atoms with van der Waals surface area (Å²) in [4.78, 5) is 8.25. The molecule has 4 N–H and O–H groups in total. The number of anilines is 1. The summed E-state index contributed by atoms with van der Waals surface area (Å²) in [5.41, 5.74) is 6.63. The quantitative estimate of drug-likeness (QED) is 0.850. The Hall–Kier alpha value is -1.71. The van der Waals surface area contributed by atoms with E-state index in [1.165, 1.54) is 6.33 Å². The minimum atomic E-state index is -3.87. The van der Waals surface area contributed by atoms with Crippen molar-refractivity contribution in [1.82, 2.24) is 14.5 Å². The minimum absolute atomic E-state index is 0.131. The largest absolute Gasteiger partial charge is 0.383 e. The second-order valence-electron chi connectivity index (χ2n) is 5.33. The van der Waals surface area contributed by atoms with Crippen LogP contribution in [0.15, 0.2) is 18.6 Å². The molecular formula is C12H17N5O3S. The number of hydrogen-bond acceptors (Lipinski definition) is 6. The van der Waals surface area contributed by atoms with Gasteiger partial charge in [0.1, 0.15) is 17.8 Å². The Balaban J connectivity index is 1.75. The molecular weight excluding hydrogens is 294 g/mol. The lowest BCUT2D eigenvalue weighted by atomic mass is 10.1. The third-order valence-corrected chi connectivity index (χ3v) is 4.38. The number of fused-ring (bicyclic) bond motifs is 1. The Bertz CT molecular complexity index is 757. The smallest absolute Gasteiger partial charge is 0.333 e. The molecule has 1 saturated carbocycles. The molecule has 9 heteroatoms. The van der Waals surface area contributed by atoms with Crippen molar-refractivity contribution in [3.63, 3.8) is 0 Å².